The molecular formula is C16H11N3. The number of anilines is 1. The number of hydrogen-bond donors (Lipinski definition) is 1. The first-order valence-electron chi connectivity index (χ1n) is 5.98. The summed E-state index contributed by atoms with van der Waals surface area (Å²) in [6.45, 7) is 0. The van der Waals surface area contributed by atoms with Crippen LogP contribution >= 0.6 is 0 Å². The molecule has 1 N–H and O–H groups in total. The second-order valence-corrected chi connectivity index (χ2v) is 4.21. The summed E-state index contributed by atoms with van der Waals surface area (Å²) in [5.74, 6) is 0. The fourth-order valence-electron chi connectivity index (χ4n) is 2.10. The Hall–Kier alpha value is -2.86. The largest absolute Gasteiger partial charge is 0.278 e. The Bertz CT molecular complexity index is 704. The molecule has 1 aliphatic rings. The molecule has 90 valence electrons. The highest BCUT2D eigenvalue weighted by atomic mass is 15.3. The molecule has 0 aliphatic carbocycles. The van der Waals surface area contributed by atoms with E-state index in [-0.39, 0.29) is 0 Å². The lowest BCUT2D eigenvalue weighted by Crippen LogP contribution is -1.93. The molecule has 0 aromatic heterocycles. The maximum atomic E-state index is 8.85. The Morgan fingerprint density at radius 2 is 1.79 bits per heavy atom. The number of hydrazone groups is 1. The first kappa shape index (κ1) is 11.2. The summed E-state index contributed by atoms with van der Waals surface area (Å²) in [6, 6.07) is 17.7. The minimum atomic E-state index is 0.665. The van der Waals surface area contributed by atoms with Crippen molar-refractivity contribution >= 4 is 17.5 Å². The molecular weight excluding hydrogens is 234 g/mol. The fourth-order valence-corrected chi connectivity index (χ4v) is 2.10. The molecule has 1 aliphatic heterocycles. The van der Waals surface area contributed by atoms with E-state index < -0.39 is 0 Å². The molecule has 3 nitrogen and oxygen atoms in total. The van der Waals surface area contributed by atoms with Crippen LogP contribution < -0.4 is 5.43 Å². The van der Waals surface area contributed by atoms with Gasteiger partial charge < -0.3 is 0 Å². The van der Waals surface area contributed by atoms with Gasteiger partial charge in [0.25, 0.3) is 0 Å². The van der Waals surface area contributed by atoms with Crippen molar-refractivity contribution in [3.8, 4) is 6.07 Å². The summed E-state index contributed by atoms with van der Waals surface area (Å²) in [7, 11) is 0. The van der Waals surface area contributed by atoms with Crippen LogP contribution in [0.3, 0.4) is 0 Å². The topological polar surface area (TPSA) is 48.2 Å². The SMILES string of the molecule is N#Cc1ccc(C2=CC=NNc3ccccc32)cc1. The van der Waals surface area contributed by atoms with E-state index in [1.54, 1.807) is 6.21 Å². The van der Waals surface area contributed by atoms with Crippen molar-refractivity contribution in [2.45, 2.75) is 0 Å². The van der Waals surface area contributed by atoms with E-state index in [0.29, 0.717) is 5.56 Å². The van der Waals surface area contributed by atoms with Crippen molar-refractivity contribution < 1.29 is 0 Å². The summed E-state index contributed by atoms with van der Waals surface area (Å²) < 4.78 is 0. The number of allylic oxidation sites excluding steroid dienone is 1. The van der Waals surface area contributed by atoms with Crippen molar-refractivity contribution in [3.63, 3.8) is 0 Å². The number of nitrogens with zero attached hydrogens (tertiary/aromatic N) is 2. The molecule has 3 heteroatoms. The molecule has 0 amide bonds. The average molecular weight is 245 g/mol. The third-order valence-electron chi connectivity index (χ3n) is 3.04. The molecule has 0 bridgehead atoms. The lowest BCUT2D eigenvalue weighted by molar-refractivity contribution is 1.35. The van der Waals surface area contributed by atoms with Gasteiger partial charge >= 0.3 is 0 Å². The van der Waals surface area contributed by atoms with Crippen LogP contribution in [0.5, 0.6) is 0 Å². The van der Waals surface area contributed by atoms with Crippen LogP contribution in [0.1, 0.15) is 16.7 Å². The molecule has 2 aromatic rings. The zero-order valence-electron chi connectivity index (χ0n) is 10.2. The first-order chi connectivity index (χ1) is 9.38. The van der Waals surface area contributed by atoms with Crippen LogP contribution in [-0.2, 0) is 0 Å². The maximum Gasteiger partial charge on any atom is 0.0991 e. The molecule has 0 fully saturated rings. The van der Waals surface area contributed by atoms with Gasteiger partial charge in [0.15, 0.2) is 0 Å². The summed E-state index contributed by atoms with van der Waals surface area (Å²) in [4.78, 5) is 0. The lowest BCUT2D eigenvalue weighted by Gasteiger charge is -2.10. The molecule has 0 atom stereocenters. The third kappa shape index (κ3) is 2.12. The van der Waals surface area contributed by atoms with Gasteiger partial charge in [0.2, 0.25) is 0 Å². The quantitative estimate of drug-likeness (QED) is 0.837. The van der Waals surface area contributed by atoms with Crippen molar-refractivity contribution in [2.75, 3.05) is 5.43 Å². The second kappa shape index (κ2) is 4.79. The van der Waals surface area contributed by atoms with Crippen LogP contribution in [0.25, 0.3) is 5.57 Å². The Labute approximate surface area is 111 Å². The molecule has 0 unspecified atom stereocenters. The highest BCUT2D eigenvalue weighted by molar-refractivity contribution is 5.96. The molecule has 0 spiro atoms. The second-order valence-electron chi connectivity index (χ2n) is 4.21. The van der Waals surface area contributed by atoms with E-state index >= 15 is 0 Å². The molecule has 3 rings (SSSR count). The number of hydrogen-bond acceptors (Lipinski definition) is 3. The average Bonchev–Trinajstić information content (AvgIpc) is 2.70. The summed E-state index contributed by atoms with van der Waals surface area (Å²) in [6.07, 6.45) is 3.72. The van der Waals surface area contributed by atoms with Crippen LogP contribution in [0.2, 0.25) is 0 Å². The normalized spacial score (nSPS) is 12.7. The Balaban J connectivity index is 2.11. The van der Waals surface area contributed by atoms with Gasteiger partial charge in [0, 0.05) is 11.8 Å². The van der Waals surface area contributed by atoms with E-state index in [4.69, 9.17) is 5.26 Å². The van der Waals surface area contributed by atoms with Gasteiger partial charge in [-0.05, 0) is 35.4 Å². The minimum absolute atomic E-state index is 0.665. The zero-order valence-corrected chi connectivity index (χ0v) is 10.2. The minimum Gasteiger partial charge on any atom is -0.278 e. The summed E-state index contributed by atoms with van der Waals surface area (Å²) in [5.41, 5.74) is 7.92. The Kier molecular flexibility index (Phi) is 2.83. The smallest absolute Gasteiger partial charge is 0.0991 e. The van der Waals surface area contributed by atoms with Crippen LogP contribution in [0, 0.1) is 11.3 Å². The van der Waals surface area contributed by atoms with Crippen LogP contribution in [-0.4, -0.2) is 6.21 Å². The van der Waals surface area contributed by atoms with Gasteiger partial charge in [-0.2, -0.15) is 10.4 Å². The third-order valence-corrected chi connectivity index (χ3v) is 3.04. The summed E-state index contributed by atoms with van der Waals surface area (Å²) in [5, 5.41) is 13.0. The monoisotopic (exact) mass is 245 g/mol. The van der Waals surface area contributed by atoms with E-state index in [9.17, 15) is 0 Å². The molecule has 0 saturated heterocycles. The van der Waals surface area contributed by atoms with Gasteiger partial charge in [0.05, 0.1) is 17.3 Å². The number of fused-ring (bicyclic) bond motifs is 1. The molecule has 0 radical (unpaired) electrons. The van der Waals surface area contributed by atoms with Gasteiger partial charge in [0.1, 0.15) is 0 Å². The molecule has 19 heavy (non-hydrogen) atoms. The fraction of sp³-hybridized carbons (Fsp3) is 0. The number of benzene rings is 2. The van der Waals surface area contributed by atoms with Crippen molar-refractivity contribution in [2.24, 2.45) is 5.10 Å². The van der Waals surface area contributed by atoms with Gasteiger partial charge in [-0.25, -0.2) is 0 Å². The van der Waals surface area contributed by atoms with E-state index in [0.717, 1.165) is 22.4 Å². The van der Waals surface area contributed by atoms with Gasteiger partial charge in [-0.15, -0.1) is 0 Å². The van der Waals surface area contributed by atoms with Crippen molar-refractivity contribution in [1.29, 1.82) is 5.26 Å². The number of nitriles is 1. The van der Waals surface area contributed by atoms with E-state index in [2.05, 4.69) is 22.7 Å². The number of para-hydroxylation sites is 1. The van der Waals surface area contributed by atoms with E-state index in [1.165, 1.54) is 0 Å². The van der Waals surface area contributed by atoms with Crippen molar-refractivity contribution in [1.82, 2.24) is 0 Å². The van der Waals surface area contributed by atoms with E-state index in [1.807, 2.05) is 48.5 Å². The van der Waals surface area contributed by atoms with Gasteiger partial charge in [-0.1, -0.05) is 30.3 Å². The zero-order chi connectivity index (χ0) is 13.1. The molecule has 1 heterocycles. The van der Waals surface area contributed by atoms with Gasteiger partial charge in [-0.3, -0.25) is 5.43 Å². The molecule has 2 aromatic carbocycles. The number of rotatable bonds is 1. The maximum absolute atomic E-state index is 8.85. The standard InChI is InChI=1S/C16H11N3/c17-11-12-5-7-13(8-6-12)14-9-10-18-19-16-4-2-1-3-15(14)16/h1-10,19H. The van der Waals surface area contributed by atoms with Crippen molar-refractivity contribution in [3.05, 3.63) is 71.3 Å². The number of nitrogens with one attached hydrogen (secondary N) is 1. The molecule has 0 saturated carbocycles. The van der Waals surface area contributed by atoms with Crippen LogP contribution in [0.4, 0.5) is 5.69 Å². The lowest BCUT2D eigenvalue weighted by atomic mass is 9.96. The Morgan fingerprint density at radius 1 is 1.00 bits per heavy atom. The predicted molar refractivity (Wildman–Crippen MR) is 76.8 cm³/mol. The highest BCUT2D eigenvalue weighted by Gasteiger charge is 2.10. The van der Waals surface area contributed by atoms with Crippen LogP contribution in [0.15, 0.2) is 59.7 Å². The highest BCUT2D eigenvalue weighted by Crippen LogP contribution is 2.30. The first-order valence-corrected chi connectivity index (χ1v) is 5.98. The predicted octanol–water partition coefficient (Wildman–Crippen LogP) is 3.40. The Morgan fingerprint density at radius 3 is 2.58 bits per heavy atom. The summed E-state index contributed by atoms with van der Waals surface area (Å²) >= 11 is 0.